The summed E-state index contributed by atoms with van der Waals surface area (Å²) < 4.78 is 44.1. The van der Waals surface area contributed by atoms with Crippen molar-refractivity contribution in [1.82, 2.24) is 9.97 Å². The van der Waals surface area contributed by atoms with Crippen molar-refractivity contribution in [2.24, 2.45) is 5.73 Å². The number of hydrogen-bond donors (Lipinski definition) is 4. The van der Waals surface area contributed by atoms with Crippen molar-refractivity contribution in [2.45, 2.75) is 32.0 Å². The molecular weight excluding hydrogens is 415 g/mol. The van der Waals surface area contributed by atoms with E-state index in [1.54, 1.807) is 6.92 Å². The van der Waals surface area contributed by atoms with Gasteiger partial charge in [0.2, 0.25) is 17.7 Å². The standard InChI is InChI=1S/C19H22F3N7O2/c1-2-31-17-13(10-24)15(28-18(25)29-17)27-14(7-4-8-23)16(30)26-12-6-3-5-11(9-12)19(20,21)22/h3,5-6,9,14H,2,4,7-8,23H2,1H3,(H,26,30)(H3,25,27,28,29)/t14-/m0/s1. The predicted octanol–water partition coefficient (Wildman–Crippen LogP) is 2.51. The number of hydrogen-bond acceptors (Lipinski definition) is 8. The van der Waals surface area contributed by atoms with Crippen LogP contribution >= 0.6 is 0 Å². The Kier molecular flexibility index (Phi) is 7.98. The van der Waals surface area contributed by atoms with Crippen LogP contribution in [0.4, 0.5) is 30.6 Å². The maximum atomic E-state index is 12.9. The number of ether oxygens (including phenoxy) is 1. The van der Waals surface area contributed by atoms with E-state index in [1.165, 1.54) is 12.1 Å². The van der Waals surface area contributed by atoms with Crippen LogP contribution in [0.15, 0.2) is 24.3 Å². The Morgan fingerprint density at radius 2 is 2.10 bits per heavy atom. The minimum absolute atomic E-state index is 0.0281. The first-order valence-corrected chi connectivity index (χ1v) is 9.34. The van der Waals surface area contributed by atoms with Crippen molar-refractivity contribution in [1.29, 1.82) is 5.26 Å². The number of halogens is 3. The van der Waals surface area contributed by atoms with E-state index < -0.39 is 23.7 Å². The number of amides is 1. The van der Waals surface area contributed by atoms with E-state index in [1.807, 2.05) is 6.07 Å². The van der Waals surface area contributed by atoms with Gasteiger partial charge in [0.1, 0.15) is 12.1 Å². The zero-order valence-corrected chi connectivity index (χ0v) is 16.7. The number of carbonyl (C=O) groups is 1. The van der Waals surface area contributed by atoms with Gasteiger partial charge >= 0.3 is 6.18 Å². The first-order chi connectivity index (χ1) is 14.7. The van der Waals surface area contributed by atoms with Gasteiger partial charge in [-0.2, -0.15) is 28.4 Å². The molecular formula is C19H22F3N7O2. The number of benzene rings is 1. The molecule has 1 heterocycles. The summed E-state index contributed by atoms with van der Waals surface area (Å²) in [6.45, 7) is 2.19. The highest BCUT2D eigenvalue weighted by molar-refractivity contribution is 5.96. The molecule has 0 aliphatic rings. The van der Waals surface area contributed by atoms with Crippen LogP contribution in [0.3, 0.4) is 0 Å². The fraction of sp³-hybridized carbons (Fsp3) is 0.368. The Morgan fingerprint density at radius 1 is 1.35 bits per heavy atom. The summed E-state index contributed by atoms with van der Waals surface area (Å²) in [5, 5.41) is 14.7. The molecule has 0 radical (unpaired) electrons. The molecule has 0 spiro atoms. The molecule has 166 valence electrons. The fourth-order valence-corrected chi connectivity index (χ4v) is 2.66. The van der Waals surface area contributed by atoms with Crippen molar-refractivity contribution < 1.29 is 22.7 Å². The van der Waals surface area contributed by atoms with Crippen molar-refractivity contribution in [3.05, 3.63) is 35.4 Å². The summed E-state index contributed by atoms with van der Waals surface area (Å²) in [4.78, 5) is 20.6. The Hall–Kier alpha value is -3.59. The second-order valence-electron chi connectivity index (χ2n) is 6.35. The van der Waals surface area contributed by atoms with E-state index in [0.29, 0.717) is 6.42 Å². The molecule has 2 aromatic rings. The van der Waals surface area contributed by atoms with Gasteiger partial charge in [0.25, 0.3) is 0 Å². The minimum Gasteiger partial charge on any atom is -0.477 e. The average molecular weight is 437 g/mol. The number of anilines is 3. The summed E-state index contributed by atoms with van der Waals surface area (Å²) >= 11 is 0. The van der Waals surface area contributed by atoms with E-state index in [2.05, 4.69) is 20.6 Å². The number of nitrogens with one attached hydrogen (secondary N) is 2. The van der Waals surface area contributed by atoms with Crippen LogP contribution in [0.1, 0.15) is 30.9 Å². The first kappa shape index (κ1) is 23.7. The Labute approximate surface area is 176 Å². The number of carbonyl (C=O) groups excluding carboxylic acids is 1. The molecule has 0 saturated carbocycles. The van der Waals surface area contributed by atoms with Crippen molar-refractivity contribution in [3.8, 4) is 11.9 Å². The SMILES string of the molecule is CCOc1nc(N)nc(N[C@@H](CCCN)C(=O)Nc2cccc(C(F)(F)F)c2)c1C#N. The minimum atomic E-state index is -4.55. The van der Waals surface area contributed by atoms with Gasteiger partial charge in [-0.3, -0.25) is 4.79 Å². The maximum Gasteiger partial charge on any atom is 0.416 e. The van der Waals surface area contributed by atoms with Gasteiger partial charge in [-0.1, -0.05) is 6.07 Å². The van der Waals surface area contributed by atoms with E-state index in [-0.39, 0.29) is 48.5 Å². The van der Waals surface area contributed by atoms with Gasteiger partial charge in [0.15, 0.2) is 11.4 Å². The highest BCUT2D eigenvalue weighted by Gasteiger charge is 2.31. The van der Waals surface area contributed by atoms with E-state index in [4.69, 9.17) is 16.2 Å². The van der Waals surface area contributed by atoms with E-state index in [9.17, 15) is 23.2 Å². The molecule has 1 aromatic heterocycles. The average Bonchev–Trinajstić information content (AvgIpc) is 2.70. The van der Waals surface area contributed by atoms with Crippen LogP contribution in [0.25, 0.3) is 0 Å². The monoisotopic (exact) mass is 437 g/mol. The summed E-state index contributed by atoms with van der Waals surface area (Å²) in [6.07, 6.45) is -3.90. The second kappa shape index (κ2) is 10.4. The Morgan fingerprint density at radius 3 is 2.71 bits per heavy atom. The molecule has 0 saturated heterocycles. The molecule has 0 aliphatic heterocycles. The largest absolute Gasteiger partial charge is 0.477 e. The van der Waals surface area contributed by atoms with Gasteiger partial charge in [0.05, 0.1) is 12.2 Å². The zero-order valence-electron chi connectivity index (χ0n) is 16.7. The van der Waals surface area contributed by atoms with Crippen molar-refractivity contribution in [3.63, 3.8) is 0 Å². The highest BCUT2D eigenvalue weighted by atomic mass is 19.4. The molecule has 0 unspecified atom stereocenters. The van der Waals surface area contributed by atoms with Crippen LogP contribution in [-0.2, 0) is 11.0 Å². The third kappa shape index (κ3) is 6.45. The molecule has 12 heteroatoms. The molecule has 1 aromatic carbocycles. The number of nitriles is 1. The summed E-state index contributed by atoms with van der Waals surface area (Å²) in [5.41, 5.74) is 10.2. The zero-order chi connectivity index (χ0) is 23.0. The Bertz CT molecular complexity index is 960. The predicted molar refractivity (Wildman–Crippen MR) is 108 cm³/mol. The van der Waals surface area contributed by atoms with Crippen molar-refractivity contribution >= 4 is 23.4 Å². The molecule has 6 N–H and O–H groups in total. The lowest BCUT2D eigenvalue weighted by Crippen LogP contribution is -2.36. The third-order valence-corrected chi connectivity index (χ3v) is 4.07. The third-order valence-electron chi connectivity index (χ3n) is 4.07. The second-order valence-corrected chi connectivity index (χ2v) is 6.35. The molecule has 2 rings (SSSR count). The number of alkyl halides is 3. The molecule has 0 fully saturated rings. The van der Waals surface area contributed by atoms with E-state index >= 15 is 0 Å². The topological polar surface area (TPSA) is 152 Å². The first-order valence-electron chi connectivity index (χ1n) is 9.34. The number of nitrogens with zero attached hydrogens (tertiary/aromatic N) is 3. The summed E-state index contributed by atoms with van der Waals surface area (Å²) in [7, 11) is 0. The lowest BCUT2D eigenvalue weighted by Gasteiger charge is -2.20. The molecule has 31 heavy (non-hydrogen) atoms. The van der Waals surface area contributed by atoms with Crippen LogP contribution in [0, 0.1) is 11.3 Å². The maximum absolute atomic E-state index is 12.9. The molecule has 9 nitrogen and oxygen atoms in total. The molecule has 0 bridgehead atoms. The lowest BCUT2D eigenvalue weighted by molar-refractivity contribution is -0.137. The quantitative estimate of drug-likeness (QED) is 0.467. The van der Waals surface area contributed by atoms with Gasteiger partial charge < -0.3 is 26.8 Å². The van der Waals surface area contributed by atoms with Crippen LogP contribution in [0.2, 0.25) is 0 Å². The number of rotatable bonds is 9. The summed E-state index contributed by atoms with van der Waals surface area (Å²) in [5.74, 6) is -0.886. The number of nitrogen functional groups attached to an aromatic ring is 1. The smallest absolute Gasteiger partial charge is 0.416 e. The van der Waals surface area contributed by atoms with Gasteiger partial charge in [-0.15, -0.1) is 0 Å². The number of nitrogens with two attached hydrogens (primary N) is 2. The Balaban J connectivity index is 2.30. The fourth-order valence-electron chi connectivity index (χ4n) is 2.66. The van der Waals surface area contributed by atoms with Gasteiger partial charge in [0, 0.05) is 5.69 Å². The normalized spacial score (nSPS) is 12.0. The molecule has 1 atom stereocenters. The van der Waals surface area contributed by atoms with Gasteiger partial charge in [-0.05, 0) is 44.5 Å². The summed E-state index contributed by atoms with van der Waals surface area (Å²) in [6, 6.07) is 5.19. The highest BCUT2D eigenvalue weighted by Crippen LogP contribution is 2.31. The van der Waals surface area contributed by atoms with Crippen LogP contribution in [0.5, 0.6) is 5.88 Å². The van der Waals surface area contributed by atoms with Crippen LogP contribution in [-0.4, -0.2) is 35.1 Å². The number of aromatic nitrogens is 2. The molecule has 1 amide bonds. The molecule has 0 aliphatic carbocycles. The lowest BCUT2D eigenvalue weighted by atomic mass is 10.1. The van der Waals surface area contributed by atoms with E-state index in [0.717, 1.165) is 12.1 Å². The van der Waals surface area contributed by atoms with Gasteiger partial charge in [-0.25, -0.2) is 0 Å². The van der Waals surface area contributed by atoms with Crippen molar-refractivity contribution in [2.75, 3.05) is 29.5 Å². The van der Waals surface area contributed by atoms with Crippen LogP contribution < -0.4 is 26.8 Å².